The van der Waals surface area contributed by atoms with Crippen LogP contribution in [0.1, 0.15) is 97.9 Å². The molecule has 2 saturated carbocycles. The summed E-state index contributed by atoms with van der Waals surface area (Å²) in [5.74, 6) is -0.431. The highest BCUT2D eigenvalue weighted by Gasteiger charge is 2.52. The third-order valence-electron chi connectivity index (χ3n) is 12.5. The molecule has 7 rings (SSSR count). The highest BCUT2D eigenvalue weighted by atomic mass is 16.7. The molecule has 3 aliphatic carbocycles. The van der Waals surface area contributed by atoms with E-state index in [-0.39, 0.29) is 59.7 Å². The molecule has 1 N–H and O–H groups in total. The normalized spacial score (nSPS) is 27.1. The van der Waals surface area contributed by atoms with E-state index in [9.17, 15) is 19.5 Å². The molecule has 294 valence electrons. The monoisotopic (exact) mass is 744 g/mol. The van der Waals surface area contributed by atoms with Crippen molar-refractivity contribution >= 4 is 23.1 Å². The summed E-state index contributed by atoms with van der Waals surface area (Å²) in [6, 6.07) is 8.66. The molecule has 2 heterocycles. The fraction of sp³-hybridized carbons (Fsp3) is 0.622. The number of rotatable bonds is 11. The molecule has 9 heteroatoms. The van der Waals surface area contributed by atoms with Gasteiger partial charge in [0.05, 0.1) is 45.0 Å². The van der Waals surface area contributed by atoms with Gasteiger partial charge in [0.15, 0.2) is 18.4 Å². The summed E-state index contributed by atoms with van der Waals surface area (Å²) in [6.07, 6.45) is 6.10. The molecule has 2 aromatic rings. The summed E-state index contributed by atoms with van der Waals surface area (Å²) in [6.45, 7) is 15.1. The lowest BCUT2D eigenvalue weighted by Gasteiger charge is -2.19. The molecule has 0 aromatic heterocycles. The van der Waals surface area contributed by atoms with Crippen molar-refractivity contribution in [3.63, 3.8) is 0 Å². The van der Waals surface area contributed by atoms with Gasteiger partial charge in [-0.15, -0.1) is 0 Å². The average Bonchev–Trinajstić information content (AvgIpc) is 4.02. The maximum absolute atomic E-state index is 13.3. The third-order valence-corrected chi connectivity index (χ3v) is 12.5. The number of esters is 1. The van der Waals surface area contributed by atoms with Crippen molar-refractivity contribution in [2.24, 2.45) is 35.5 Å². The predicted molar refractivity (Wildman–Crippen MR) is 206 cm³/mol. The van der Waals surface area contributed by atoms with E-state index in [1.54, 1.807) is 0 Å². The molecule has 54 heavy (non-hydrogen) atoms. The Morgan fingerprint density at radius 2 is 1.13 bits per heavy atom. The summed E-state index contributed by atoms with van der Waals surface area (Å²) in [4.78, 5) is 39.0. The van der Waals surface area contributed by atoms with E-state index < -0.39 is 5.92 Å². The van der Waals surface area contributed by atoms with Crippen molar-refractivity contribution in [1.29, 1.82) is 0 Å². The first-order valence-corrected chi connectivity index (χ1v) is 20.3. The number of Topliss-reactive ketones (excluding diaryl/α,β-unsaturated/α-hetero) is 2. The smallest absolute Gasteiger partial charge is 0.309 e. The number of aliphatic hydroxyl groups excluding tert-OH is 1. The van der Waals surface area contributed by atoms with Gasteiger partial charge >= 0.3 is 5.97 Å². The van der Waals surface area contributed by atoms with E-state index in [1.807, 2.05) is 0 Å². The predicted octanol–water partition coefficient (Wildman–Crippen LogP) is 7.41. The Kier molecular flexibility index (Phi) is 13.1. The van der Waals surface area contributed by atoms with Crippen LogP contribution in [-0.2, 0) is 70.2 Å². The quantitative estimate of drug-likeness (QED) is 0.235. The zero-order valence-corrected chi connectivity index (χ0v) is 33.3. The Bertz CT molecular complexity index is 1680. The van der Waals surface area contributed by atoms with Crippen molar-refractivity contribution < 1.29 is 43.2 Å². The maximum Gasteiger partial charge on any atom is 0.309 e. The van der Waals surface area contributed by atoms with Crippen LogP contribution in [0.5, 0.6) is 0 Å². The molecular weight excluding hydrogens is 684 g/mol. The minimum Gasteiger partial charge on any atom is -0.511 e. The lowest BCUT2D eigenvalue weighted by Crippen LogP contribution is -2.28. The molecule has 6 atom stereocenters. The number of aliphatic hydroxyl groups is 1. The Labute approximate surface area is 321 Å². The first-order valence-electron chi connectivity index (χ1n) is 20.3. The second-order valence-corrected chi connectivity index (χ2v) is 15.8. The zero-order valence-electron chi connectivity index (χ0n) is 33.3. The molecule has 0 bridgehead atoms. The number of ketones is 2. The molecule has 2 aliphatic heterocycles. The average molecular weight is 745 g/mol. The number of hydrogen-bond donors (Lipinski definition) is 1. The molecule has 6 unspecified atom stereocenters. The first-order chi connectivity index (χ1) is 26.0. The van der Waals surface area contributed by atoms with Crippen molar-refractivity contribution in [2.75, 3.05) is 33.5 Å². The van der Waals surface area contributed by atoms with E-state index in [0.29, 0.717) is 57.0 Å². The highest BCUT2D eigenvalue weighted by molar-refractivity contribution is 6.25. The van der Waals surface area contributed by atoms with Gasteiger partial charge in [-0.1, -0.05) is 63.1 Å². The lowest BCUT2D eigenvalue weighted by atomic mass is 9.85. The number of aryl methyl sites for hydroxylation is 6. The standard InChI is InChI=1S/C23H32O5.C22H28O4/c1-5-15-9-14(3)10-16(6-2)18(15)13-21(24)19-11-17(23-27-7-8-28-23)12-20(19)22(25)26-4;1-4-13-8-12(3)9-14(5-2)18(13)19-20(23)16-10-15(11-17(16)21(19)24)22-25-6-7-26-22/h9-10,17,19-20,23H,5-8,11-13H2,1-4H3;8-9,15-17,22-23H,4-7,10-11H2,1-3H3. The highest BCUT2D eigenvalue weighted by Crippen LogP contribution is 2.52. The van der Waals surface area contributed by atoms with Crippen LogP contribution in [0.25, 0.3) is 5.57 Å². The first kappa shape index (κ1) is 40.3. The minimum atomic E-state index is -0.407. The second-order valence-electron chi connectivity index (χ2n) is 15.8. The maximum atomic E-state index is 13.3. The van der Waals surface area contributed by atoms with Crippen molar-refractivity contribution in [3.8, 4) is 0 Å². The number of fused-ring (bicyclic) bond motifs is 1. The van der Waals surface area contributed by atoms with E-state index >= 15 is 0 Å². The topological polar surface area (TPSA) is 118 Å². The van der Waals surface area contributed by atoms with Crippen LogP contribution in [0.15, 0.2) is 30.0 Å². The van der Waals surface area contributed by atoms with Gasteiger partial charge in [-0.2, -0.15) is 0 Å². The zero-order chi connectivity index (χ0) is 38.7. The number of benzene rings is 2. The number of carbonyl (C=O) groups is 3. The fourth-order valence-corrected chi connectivity index (χ4v) is 9.96. The summed E-state index contributed by atoms with van der Waals surface area (Å²) in [5, 5.41) is 11.0. The third kappa shape index (κ3) is 8.11. The van der Waals surface area contributed by atoms with Gasteiger partial charge in [-0.05, 0) is 98.6 Å². The molecule has 4 fully saturated rings. The summed E-state index contributed by atoms with van der Waals surface area (Å²) in [5.41, 5.74) is 9.95. The van der Waals surface area contributed by atoms with Crippen LogP contribution < -0.4 is 0 Å². The SMILES string of the molecule is CCc1cc(C)cc(CC)c1C1=C(O)C2CC(C3OCCO3)CC2C1=O.CCc1cc(C)cc(CC)c1CC(=O)C1CC(C2OCCO2)CC1C(=O)OC. The van der Waals surface area contributed by atoms with E-state index in [2.05, 4.69) is 65.8 Å². The molecular formula is C45H60O9. The van der Waals surface area contributed by atoms with Crippen molar-refractivity contribution in [3.05, 3.63) is 74.5 Å². The minimum absolute atomic E-state index is 0.0647. The second kappa shape index (κ2) is 17.6. The van der Waals surface area contributed by atoms with Crippen molar-refractivity contribution in [1.82, 2.24) is 0 Å². The van der Waals surface area contributed by atoms with E-state index in [4.69, 9.17) is 23.7 Å². The van der Waals surface area contributed by atoms with Crippen molar-refractivity contribution in [2.45, 2.75) is 112 Å². The van der Waals surface area contributed by atoms with Gasteiger partial charge < -0.3 is 28.8 Å². The van der Waals surface area contributed by atoms with Gasteiger partial charge in [0.2, 0.25) is 0 Å². The summed E-state index contributed by atoms with van der Waals surface area (Å²) in [7, 11) is 1.39. The molecule has 0 spiro atoms. The van der Waals surface area contributed by atoms with Crippen LogP contribution in [0, 0.1) is 49.4 Å². The van der Waals surface area contributed by atoms with Crippen LogP contribution in [0.3, 0.4) is 0 Å². The summed E-state index contributed by atoms with van der Waals surface area (Å²) >= 11 is 0. The van der Waals surface area contributed by atoms with Gasteiger partial charge in [-0.3, -0.25) is 14.4 Å². The fourth-order valence-electron chi connectivity index (χ4n) is 9.96. The largest absolute Gasteiger partial charge is 0.511 e. The van der Waals surface area contributed by atoms with E-state index in [0.717, 1.165) is 60.8 Å². The van der Waals surface area contributed by atoms with Gasteiger partial charge in [0.1, 0.15) is 11.5 Å². The Morgan fingerprint density at radius 3 is 1.59 bits per heavy atom. The number of carbonyl (C=O) groups excluding carboxylic acids is 3. The van der Waals surface area contributed by atoms with Crippen LogP contribution in [0.2, 0.25) is 0 Å². The van der Waals surface area contributed by atoms with Crippen LogP contribution >= 0.6 is 0 Å². The number of methoxy groups -OCH3 is 1. The molecule has 2 saturated heterocycles. The molecule has 0 amide bonds. The van der Waals surface area contributed by atoms with Crippen LogP contribution in [0.4, 0.5) is 0 Å². The Morgan fingerprint density at radius 1 is 0.685 bits per heavy atom. The van der Waals surface area contributed by atoms with Crippen LogP contribution in [-0.4, -0.2) is 68.8 Å². The number of hydrogen-bond acceptors (Lipinski definition) is 9. The molecule has 2 aromatic carbocycles. The van der Waals surface area contributed by atoms with Gasteiger partial charge in [0.25, 0.3) is 0 Å². The lowest BCUT2D eigenvalue weighted by molar-refractivity contribution is -0.149. The number of allylic oxidation sites excluding steroid dienone is 2. The molecule has 5 aliphatic rings. The summed E-state index contributed by atoms with van der Waals surface area (Å²) < 4.78 is 27.6. The van der Waals surface area contributed by atoms with Gasteiger partial charge in [-0.25, -0.2) is 0 Å². The van der Waals surface area contributed by atoms with Gasteiger partial charge in [0, 0.05) is 36.0 Å². The van der Waals surface area contributed by atoms with E-state index in [1.165, 1.54) is 29.4 Å². The Balaban J connectivity index is 0.000000185. The number of ether oxygens (including phenoxy) is 5. The molecule has 0 radical (unpaired) electrons. The molecule has 9 nitrogen and oxygen atoms in total. The Hall–Kier alpha value is -3.37.